The molecule has 1 unspecified atom stereocenters. The highest BCUT2D eigenvalue weighted by molar-refractivity contribution is 5.54. The minimum Gasteiger partial charge on any atom is -0.405 e. The summed E-state index contributed by atoms with van der Waals surface area (Å²) in [6.45, 7) is 28.3. The monoisotopic (exact) mass is 524 g/mol. The highest BCUT2D eigenvalue weighted by Gasteiger charge is 2.18. The van der Waals surface area contributed by atoms with Crippen molar-refractivity contribution >= 4 is 6.08 Å². The molecule has 0 spiro atoms. The number of fused-ring (bicyclic) bond motifs is 1. The lowest BCUT2D eigenvalue weighted by Crippen LogP contribution is -1.87. The van der Waals surface area contributed by atoms with Gasteiger partial charge in [0.05, 0.1) is 0 Å². The van der Waals surface area contributed by atoms with Gasteiger partial charge in [-0.15, -0.1) is 0 Å². The maximum atomic E-state index is 4.89. The molecule has 1 nitrogen and oxygen atoms in total. The van der Waals surface area contributed by atoms with Gasteiger partial charge < -0.3 is 5.73 Å². The summed E-state index contributed by atoms with van der Waals surface area (Å²) in [6, 6.07) is 6.73. The fraction of sp³-hybridized carbons (Fsp3) is 0.514. The summed E-state index contributed by atoms with van der Waals surface area (Å²) < 4.78 is 0. The third kappa shape index (κ3) is 22.6. The Hall–Kier alpha value is -2.54. The molecule has 3 rings (SSSR count). The van der Waals surface area contributed by atoms with Gasteiger partial charge in [-0.3, -0.25) is 0 Å². The maximum Gasteiger partial charge on any atom is 0.00583 e. The van der Waals surface area contributed by atoms with E-state index >= 15 is 0 Å². The molecule has 0 amide bonds. The van der Waals surface area contributed by atoms with E-state index in [4.69, 9.17) is 5.73 Å². The van der Waals surface area contributed by atoms with Gasteiger partial charge in [0.15, 0.2) is 0 Å². The molecule has 0 aliphatic heterocycles. The van der Waals surface area contributed by atoms with E-state index in [0.29, 0.717) is 0 Å². The van der Waals surface area contributed by atoms with Crippen LogP contribution >= 0.6 is 0 Å². The molecule has 0 aromatic heterocycles. The summed E-state index contributed by atoms with van der Waals surface area (Å²) >= 11 is 0. The molecule has 0 fully saturated rings. The van der Waals surface area contributed by atoms with Gasteiger partial charge in [0, 0.05) is 5.92 Å². The van der Waals surface area contributed by atoms with Crippen LogP contribution in [0.2, 0.25) is 0 Å². The van der Waals surface area contributed by atoms with Crippen LogP contribution in [0.3, 0.4) is 0 Å². The second kappa shape index (κ2) is 34.5. The zero-order valence-corrected chi connectivity index (χ0v) is 27.5. The van der Waals surface area contributed by atoms with Crippen LogP contribution in [-0.2, 0) is 6.42 Å². The number of hydrogen-bond acceptors (Lipinski definition) is 1. The Labute approximate surface area is 240 Å². The van der Waals surface area contributed by atoms with Crippen LogP contribution in [0.15, 0.2) is 84.7 Å². The second-order valence-corrected chi connectivity index (χ2v) is 8.15. The molecule has 0 heterocycles. The van der Waals surface area contributed by atoms with E-state index in [2.05, 4.69) is 103 Å². The van der Waals surface area contributed by atoms with Crippen LogP contribution in [0.25, 0.3) is 6.08 Å². The molecule has 1 aromatic carbocycles. The Bertz CT molecular complexity index is 787. The normalized spacial score (nSPS) is 13.6. The van der Waals surface area contributed by atoms with Crippen LogP contribution in [0, 0.1) is 12.8 Å². The Morgan fingerprint density at radius 2 is 1.53 bits per heavy atom. The molecule has 218 valence electrons. The first kappa shape index (κ1) is 42.5. The van der Waals surface area contributed by atoms with Crippen LogP contribution in [0.4, 0.5) is 0 Å². The topological polar surface area (TPSA) is 26.0 Å². The standard InChI is InChI=1S/C13H18.C11H14.C4H7N.C3H8.3C2H6/c1-4-6-12-9-8-11(3)13(10-12)7-5-2;1-2-4-9-7-10-5-3-6-11(10)8-9;1-2-3-4-5;1-3-2;3*1-2/h5,7-10H,4,6H2,1-3H3;3,5,7-8,11H,2,4,6H2,1H3;2-4H,1,5H2;3H2,1-2H3;3*1-2H3/b7-5-;;4-3-;;;;. The summed E-state index contributed by atoms with van der Waals surface area (Å²) in [7, 11) is 0. The largest absolute Gasteiger partial charge is 0.405 e. The number of aryl methyl sites for hydroxylation is 2. The lowest BCUT2D eigenvalue weighted by atomic mass is 10.0. The second-order valence-electron chi connectivity index (χ2n) is 8.15. The van der Waals surface area contributed by atoms with E-state index in [1.54, 1.807) is 17.7 Å². The lowest BCUT2D eigenvalue weighted by Gasteiger charge is -2.04. The fourth-order valence-electron chi connectivity index (χ4n) is 3.47. The van der Waals surface area contributed by atoms with Crippen LogP contribution in [-0.4, -0.2) is 0 Å². The number of benzene rings is 1. The minimum absolute atomic E-state index is 0.747. The molecule has 1 aromatic rings. The molecule has 0 radical (unpaired) electrons. The zero-order valence-electron chi connectivity index (χ0n) is 27.5. The van der Waals surface area contributed by atoms with Gasteiger partial charge in [0.25, 0.3) is 0 Å². The summed E-state index contributed by atoms with van der Waals surface area (Å²) in [4.78, 5) is 0. The summed E-state index contributed by atoms with van der Waals surface area (Å²) in [5.41, 5.74) is 12.1. The number of nitrogens with two attached hydrogens (primary N) is 1. The first-order valence-electron chi connectivity index (χ1n) is 15.3. The zero-order chi connectivity index (χ0) is 30.2. The van der Waals surface area contributed by atoms with Crippen molar-refractivity contribution in [1.29, 1.82) is 0 Å². The Balaban J connectivity index is -0.000000208. The molecule has 1 heteroatoms. The summed E-state index contributed by atoms with van der Waals surface area (Å²) in [6.07, 6.45) is 25.7. The van der Waals surface area contributed by atoms with E-state index in [0.717, 1.165) is 5.92 Å². The summed E-state index contributed by atoms with van der Waals surface area (Å²) in [5.74, 6) is 0.747. The van der Waals surface area contributed by atoms with E-state index in [-0.39, 0.29) is 0 Å². The smallest absolute Gasteiger partial charge is 0.00583 e. The van der Waals surface area contributed by atoms with Gasteiger partial charge in [-0.05, 0) is 67.6 Å². The number of hydrogen-bond donors (Lipinski definition) is 1. The van der Waals surface area contributed by atoms with Crippen molar-refractivity contribution in [3.05, 3.63) is 101 Å². The molecular formula is C37H65N. The lowest BCUT2D eigenvalue weighted by molar-refractivity contribution is 0.836. The first-order valence-corrected chi connectivity index (χ1v) is 15.3. The number of allylic oxidation sites excluding steroid dienone is 9. The molecule has 38 heavy (non-hydrogen) atoms. The van der Waals surface area contributed by atoms with Crippen molar-refractivity contribution in [1.82, 2.24) is 0 Å². The van der Waals surface area contributed by atoms with Gasteiger partial charge in [0.2, 0.25) is 0 Å². The predicted octanol–water partition coefficient (Wildman–Crippen LogP) is 12.3. The van der Waals surface area contributed by atoms with Gasteiger partial charge in [-0.2, -0.15) is 0 Å². The average molecular weight is 524 g/mol. The van der Waals surface area contributed by atoms with Crippen molar-refractivity contribution in [2.45, 2.75) is 122 Å². The van der Waals surface area contributed by atoms with Crippen molar-refractivity contribution in [2.75, 3.05) is 0 Å². The molecule has 2 N–H and O–H groups in total. The van der Waals surface area contributed by atoms with E-state index < -0.39 is 0 Å². The SMILES string of the molecule is C/C=C\c1cc(CCC)ccc1C.C=C/C=C\N.CC.CC.CC.CCC.CCCC1=CC2CC=CC2=C1. The average Bonchev–Trinajstić information content (AvgIpc) is 3.54. The molecular weight excluding hydrogens is 458 g/mol. The van der Waals surface area contributed by atoms with Gasteiger partial charge >= 0.3 is 0 Å². The quantitative estimate of drug-likeness (QED) is 0.369. The third-order valence-corrected chi connectivity index (χ3v) is 4.91. The predicted molar refractivity (Wildman–Crippen MR) is 182 cm³/mol. The van der Waals surface area contributed by atoms with Crippen LogP contribution in [0.5, 0.6) is 0 Å². The van der Waals surface area contributed by atoms with E-state index in [1.807, 2.05) is 41.5 Å². The van der Waals surface area contributed by atoms with Crippen molar-refractivity contribution in [3.63, 3.8) is 0 Å². The van der Waals surface area contributed by atoms with Gasteiger partial charge in [-0.25, -0.2) is 0 Å². The summed E-state index contributed by atoms with van der Waals surface area (Å²) in [5, 5.41) is 0. The van der Waals surface area contributed by atoms with Crippen LogP contribution < -0.4 is 5.73 Å². The highest BCUT2D eigenvalue weighted by atomic mass is 14.5. The Kier molecular flexibility index (Phi) is 38.6. The molecule has 0 saturated carbocycles. The molecule has 1 atom stereocenters. The van der Waals surface area contributed by atoms with Gasteiger partial charge in [0.1, 0.15) is 0 Å². The molecule has 2 aliphatic carbocycles. The van der Waals surface area contributed by atoms with Crippen LogP contribution in [0.1, 0.15) is 125 Å². The first-order chi connectivity index (χ1) is 18.5. The fourth-order valence-corrected chi connectivity index (χ4v) is 3.47. The Morgan fingerprint density at radius 1 is 0.947 bits per heavy atom. The van der Waals surface area contributed by atoms with Crippen molar-refractivity contribution in [2.24, 2.45) is 11.7 Å². The molecule has 0 bridgehead atoms. The minimum atomic E-state index is 0.747. The van der Waals surface area contributed by atoms with E-state index in [1.165, 1.54) is 67.0 Å². The van der Waals surface area contributed by atoms with Gasteiger partial charge in [-0.1, -0.05) is 161 Å². The highest BCUT2D eigenvalue weighted by Crippen LogP contribution is 2.34. The third-order valence-electron chi connectivity index (χ3n) is 4.91. The molecule has 2 aliphatic rings. The Morgan fingerprint density at radius 3 is 1.95 bits per heavy atom. The van der Waals surface area contributed by atoms with E-state index in [9.17, 15) is 0 Å². The maximum absolute atomic E-state index is 4.89. The van der Waals surface area contributed by atoms with Crippen molar-refractivity contribution < 1.29 is 0 Å². The van der Waals surface area contributed by atoms with Crippen molar-refractivity contribution in [3.8, 4) is 0 Å². The molecule has 0 saturated heterocycles. The number of rotatable bonds is 6.